The molecular weight excluding hydrogens is 484 g/mol. The quantitative estimate of drug-likeness (QED) is 0.431. The van der Waals surface area contributed by atoms with E-state index in [-0.39, 0.29) is 35.0 Å². The van der Waals surface area contributed by atoms with Crippen molar-refractivity contribution in [2.75, 3.05) is 13.2 Å². The molecule has 3 aromatic carbocycles. The molecule has 0 unspecified atom stereocenters. The minimum Gasteiger partial charge on any atom is -0.492 e. The number of amides is 1. The summed E-state index contributed by atoms with van der Waals surface area (Å²) in [6, 6.07) is 21.5. The van der Waals surface area contributed by atoms with Gasteiger partial charge in [-0.05, 0) is 61.1 Å². The number of halogens is 1. The predicted octanol–water partition coefficient (Wildman–Crippen LogP) is 5.12. The lowest BCUT2D eigenvalue weighted by Crippen LogP contribution is -2.42. The molecule has 1 aliphatic rings. The Balaban J connectivity index is 1.58. The topological polar surface area (TPSA) is 75.7 Å². The third-order valence-electron chi connectivity index (χ3n) is 6.07. The van der Waals surface area contributed by atoms with E-state index in [1.54, 1.807) is 6.07 Å². The first-order chi connectivity index (χ1) is 16.9. The second-order valence-corrected chi connectivity index (χ2v) is 10.8. The number of aryl methyl sites for hydroxylation is 1. The van der Waals surface area contributed by atoms with E-state index in [0.29, 0.717) is 12.4 Å². The first-order valence-corrected chi connectivity index (χ1v) is 13.5. The zero-order valence-electron chi connectivity index (χ0n) is 19.6. The summed E-state index contributed by atoms with van der Waals surface area (Å²) in [6.45, 7) is 1.99. The standard InChI is InChI=1S/C27H29ClN2O4S/c1-2-34-26-16-15-22(17-24(26)28)35(32,33)30(18-20-9-4-3-5-10-20)19-27(31)29-25-14-8-12-21-11-6-7-13-23(21)25/h3-7,9-11,13,15-17,25H,2,8,12,14,18-19H2,1H3,(H,29,31)/t25-/m0/s1. The lowest BCUT2D eigenvalue weighted by atomic mass is 9.88. The van der Waals surface area contributed by atoms with Gasteiger partial charge in [-0.3, -0.25) is 4.79 Å². The van der Waals surface area contributed by atoms with Crippen molar-refractivity contribution in [3.8, 4) is 5.75 Å². The van der Waals surface area contributed by atoms with E-state index < -0.39 is 10.0 Å². The Morgan fingerprint density at radius 1 is 1.09 bits per heavy atom. The maximum absolute atomic E-state index is 13.6. The van der Waals surface area contributed by atoms with E-state index in [4.69, 9.17) is 16.3 Å². The van der Waals surface area contributed by atoms with Gasteiger partial charge >= 0.3 is 0 Å². The van der Waals surface area contributed by atoms with E-state index in [1.165, 1.54) is 22.0 Å². The maximum atomic E-state index is 13.6. The molecule has 0 saturated carbocycles. The zero-order chi connectivity index (χ0) is 24.8. The molecule has 6 nitrogen and oxygen atoms in total. The highest BCUT2D eigenvalue weighted by Gasteiger charge is 2.29. The number of hydrogen-bond acceptors (Lipinski definition) is 4. The third-order valence-corrected chi connectivity index (χ3v) is 8.15. The largest absolute Gasteiger partial charge is 0.492 e. The first kappa shape index (κ1) is 25.2. The van der Waals surface area contributed by atoms with E-state index >= 15 is 0 Å². The van der Waals surface area contributed by atoms with Crippen molar-refractivity contribution in [2.24, 2.45) is 0 Å². The highest BCUT2D eigenvalue weighted by Crippen LogP contribution is 2.31. The summed E-state index contributed by atoms with van der Waals surface area (Å²) in [5.74, 6) is 0.0691. The molecule has 0 heterocycles. The molecule has 35 heavy (non-hydrogen) atoms. The molecule has 3 aromatic rings. The van der Waals surface area contributed by atoms with Crippen LogP contribution >= 0.6 is 11.6 Å². The van der Waals surface area contributed by atoms with Gasteiger partial charge in [0, 0.05) is 6.54 Å². The van der Waals surface area contributed by atoms with Crippen LogP contribution in [-0.4, -0.2) is 31.8 Å². The number of rotatable bonds is 9. The van der Waals surface area contributed by atoms with Crippen molar-refractivity contribution in [2.45, 2.75) is 43.7 Å². The Bertz CT molecular complexity index is 1280. The smallest absolute Gasteiger partial charge is 0.243 e. The molecule has 184 valence electrons. The lowest BCUT2D eigenvalue weighted by Gasteiger charge is -2.28. The highest BCUT2D eigenvalue weighted by atomic mass is 35.5. The molecule has 0 aliphatic heterocycles. The van der Waals surface area contributed by atoms with Crippen molar-refractivity contribution in [3.63, 3.8) is 0 Å². The highest BCUT2D eigenvalue weighted by molar-refractivity contribution is 7.89. The summed E-state index contributed by atoms with van der Waals surface area (Å²) in [5.41, 5.74) is 3.11. The van der Waals surface area contributed by atoms with E-state index in [9.17, 15) is 13.2 Å². The van der Waals surface area contributed by atoms with Gasteiger partial charge in [-0.1, -0.05) is 66.2 Å². The minimum absolute atomic E-state index is 0.0118. The predicted molar refractivity (Wildman–Crippen MR) is 137 cm³/mol. The molecule has 0 radical (unpaired) electrons. The number of carbonyl (C=O) groups is 1. The first-order valence-electron chi connectivity index (χ1n) is 11.7. The summed E-state index contributed by atoms with van der Waals surface area (Å²) in [5, 5.41) is 3.27. The van der Waals surface area contributed by atoms with Crippen LogP contribution in [0.25, 0.3) is 0 Å². The van der Waals surface area contributed by atoms with Gasteiger partial charge in [0.25, 0.3) is 0 Å². The Morgan fingerprint density at radius 3 is 2.57 bits per heavy atom. The molecule has 1 atom stereocenters. The van der Waals surface area contributed by atoms with Crippen LogP contribution in [0, 0.1) is 0 Å². The molecule has 0 saturated heterocycles. The SMILES string of the molecule is CCOc1ccc(S(=O)(=O)N(CC(=O)N[C@H]2CCCc3ccccc32)Cc2ccccc2)cc1Cl. The van der Waals surface area contributed by atoms with Gasteiger partial charge in [0.15, 0.2) is 0 Å². The molecular formula is C27H29ClN2O4S. The molecule has 1 N–H and O–H groups in total. The fourth-order valence-electron chi connectivity index (χ4n) is 4.38. The van der Waals surface area contributed by atoms with Crippen LogP contribution < -0.4 is 10.1 Å². The van der Waals surface area contributed by atoms with Crippen molar-refractivity contribution >= 4 is 27.5 Å². The second kappa shape index (κ2) is 11.2. The number of fused-ring (bicyclic) bond motifs is 1. The average molecular weight is 513 g/mol. The van der Waals surface area contributed by atoms with Crippen LogP contribution in [0.4, 0.5) is 0 Å². The van der Waals surface area contributed by atoms with Gasteiger partial charge in [0.1, 0.15) is 5.75 Å². The monoisotopic (exact) mass is 512 g/mol. The third kappa shape index (κ3) is 6.04. The molecule has 1 aliphatic carbocycles. The van der Waals surface area contributed by atoms with Crippen LogP contribution in [0.5, 0.6) is 5.75 Å². The van der Waals surface area contributed by atoms with Gasteiger partial charge < -0.3 is 10.1 Å². The van der Waals surface area contributed by atoms with Gasteiger partial charge in [-0.25, -0.2) is 8.42 Å². The van der Waals surface area contributed by atoms with Crippen LogP contribution in [0.1, 0.15) is 42.5 Å². The zero-order valence-corrected chi connectivity index (χ0v) is 21.2. The average Bonchev–Trinajstić information content (AvgIpc) is 2.86. The Hall–Kier alpha value is -2.87. The molecule has 0 fully saturated rings. The van der Waals surface area contributed by atoms with Crippen molar-refractivity contribution < 1.29 is 17.9 Å². The van der Waals surface area contributed by atoms with Gasteiger partial charge in [0.05, 0.1) is 29.1 Å². The van der Waals surface area contributed by atoms with Crippen molar-refractivity contribution in [1.29, 1.82) is 0 Å². The number of nitrogens with zero attached hydrogens (tertiary/aromatic N) is 1. The summed E-state index contributed by atoms with van der Waals surface area (Å²) in [6.07, 6.45) is 2.77. The molecule has 0 aromatic heterocycles. The Morgan fingerprint density at radius 2 is 1.83 bits per heavy atom. The normalized spacial score (nSPS) is 15.5. The number of benzene rings is 3. The van der Waals surface area contributed by atoms with E-state index in [2.05, 4.69) is 11.4 Å². The summed E-state index contributed by atoms with van der Waals surface area (Å²) >= 11 is 6.27. The van der Waals surface area contributed by atoms with Crippen LogP contribution in [-0.2, 0) is 27.8 Å². The molecule has 0 spiro atoms. The number of hydrogen-bond donors (Lipinski definition) is 1. The van der Waals surface area contributed by atoms with Crippen molar-refractivity contribution in [1.82, 2.24) is 9.62 Å². The van der Waals surface area contributed by atoms with Crippen molar-refractivity contribution in [3.05, 3.63) is 94.5 Å². The number of sulfonamides is 1. The number of nitrogens with one attached hydrogen (secondary N) is 1. The molecule has 0 bridgehead atoms. The number of carbonyl (C=O) groups excluding carboxylic acids is 1. The van der Waals surface area contributed by atoms with Gasteiger partial charge in [-0.2, -0.15) is 4.31 Å². The van der Waals surface area contributed by atoms with Crippen LogP contribution in [0.2, 0.25) is 5.02 Å². The van der Waals surface area contributed by atoms with E-state index in [0.717, 1.165) is 30.4 Å². The Labute approximate surface area is 211 Å². The fourth-order valence-corrected chi connectivity index (χ4v) is 6.09. The summed E-state index contributed by atoms with van der Waals surface area (Å²) in [4.78, 5) is 13.2. The number of ether oxygens (including phenoxy) is 1. The van der Waals surface area contributed by atoms with Gasteiger partial charge in [0.2, 0.25) is 15.9 Å². The molecule has 1 amide bonds. The van der Waals surface area contributed by atoms with E-state index in [1.807, 2.05) is 55.5 Å². The fraction of sp³-hybridized carbons (Fsp3) is 0.296. The van der Waals surface area contributed by atoms with Crippen LogP contribution in [0.15, 0.2) is 77.7 Å². The Kier molecular flexibility index (Phi) is 8.11. The van der Waals surface area contributed by atoms with Crippen LogP contribution in [0.3, 0.4) is 0 Å². The lowest BCUT2D eigenvalue weighted by molar-refractivity contribution is -0.122. The second-order valence-electron chi connectivity index (χ2n) is 8.50. The van der Waals surface area contributed by atoms with Gasteiger partial charge in [-0.15, -0.1) is 0 Å². The maximum Gasteiger partial charge on any atom is 0.243 e. The summed E-state index contributed by atoms with van der Waals surface area (Å²) in [7, 11) is -4.02. The summed E-state index contributed by atoms with van der Waals surface area (Å²) < 4.78 is 33.9. The minimum atomic E-state index is -4.02. The molecule has 4 rings (SSSR count). The molecule has 8 heteroatoms.